The lowest BCUT2D eigenvalue weighted by Crippen LogP contribution is -2.43. The zero-order chi connectivity index (χ0) is 22.3. The van der Waals surface area contributed by atoms with Crippen LogP contribution in [0.25, 0.3) is 10.2 Å². The van der Waals surface area contributed by atoms with Crippen molar-refractivity contribution in [3.8, 4) is 0 Å². The highest BCUT2D eigenvalue weighted by atomic mass is 32.1. The first kappa shape index (κ1) is 21.3. The first-order valence-electron chi connectivity index (χ1n) is 11.5. The van der Waals surface area contributed by atoms with Crippen molar-refractivity contribution in [2.24, 2.45) is 15.5 Å². The molecule has 1 unspecified atom stereocenters. The summed E-state index contributed by atoms with van der Waals surface area (Å²) < 4.78 is 1.27. The van der Waals surface area contributed by atoms with Crippen molar-refractivity contribution in [3.05, 3.63) is 53.1 Å². The van der Waals surface area contributed by atoms with E-state index >= 15 is 0 Å². The van der Waals surface area contributed by atoms with Gasteiger partial charge in [-0.2, -0.15) is 5.10 Å². The Kier molecular flexibility index (Phi) is 5.63. The second-order valence-electron chi connectivity index (χ2n) is 9.32. The average Bonchev–Trinajstić information content (AvgIpc) is 3.45. The summed E-state index contributed by atoms with van der Waals surface area (Å²) >= 11 is 1.71. The van der Waals surface area contributed by atoms with Gasteiger partial charge < -0.3 is 4.90 Å². The van der Waals surface area contributed by atoms with E-state index < -0.39 is 0 Å². The molecule has 4 heterocycles. The SMILES string of the molecule is C=NN1C(N2CCC3(CCN(C(C)c4ccc5scnc5c4)CC3)C2)=CC(C)=N/C1=C/C. The minimum Gasteiger partial charge on any atom is -0.356 e. The molecule has 2 fully saturated rings. The lowest BCUT2D eigenvalue weighted by Gasteiger charge is -2.42. The minimum absolute atomic E-state index is 0.390. The molecule has 0 amide bonds. The second-order valence-corrected chi connectivity index (χ2v) is 10.2. The molecular formula is C25H32N6S. The van der Waals surface area contributed by atoms with Gasteiger partial charge in [0.25, 0.3) is 0 Å². The minimum atomic E-state index is 0.390. The number of nitrogens with zero attached hydrogens (tertiary/aromatic N) is 6. The van der Waals surface area contributed by atoms with Crippen molar-refractivity contribution < 1.29 is 0 Å². The van der Waals surface area contributed by atoms with Crippen molar-refractivity contribution in [3.63, 3.8) is 0 Å². The van der Waals surface area contributed by atoms with Crippen molar-refractivity contribution in [2.75, 3.05) is 26.2 Å². The normalized spacial score (nSPS) is 23.7. The number of likely N-dealkylation sites (tertiary alicyclic amines) is 2. The molecule has 0 radical (unpaired) electrons. The monoisotopic (exact) mass is 448 g/mol. The molecule has 2 aromatic rings. The largest absolute Gasteiger partial charge is 0.356 e. The first-order chi connectivity index (χ1) is 15.5. The fourth-order valence-corrected chi connectivity index (χ4v) is 6.11. The standard InChI is InChI=1S/C25H32N6S/c1-5-23-28-18(2)14-24(31(23)26-4)30-13-10-25(16-30)8-11-29(12-9-25)19(3)20-6-7-22-21(15-20)27-17-32-22/h5-7,14-15,17,19H,4,8-13,16H2,1-3H3/b23-5-. The van der Waals surface area contributed by atoms with Crippen molar-refractivity contribution in [1.29, 1.82) is 0 Å². The molecule has 0 bridgehead atoms. The summed E-state index contributed by atoms with van der Waals surface area (Å²) in [6, 6.07) is 7.20. The van der Waals surface area contributed by atoms with E-state index in [4.69, 9.17) is 0 Å². The summed E-state index contributed by atoms with van der Waals surface area (Å²) in [5, 5.41) is 6.15. The Morgan fingerprint density at radius 2 is 2.00 bits per heavy atom. The number of aliphatic imine (C=N–C) groups is 1. The van der Waals surface area contributed by atoms with E-state index in [1.807, 2.05) is 23.5 Å². The van der Waals surface area contributed by atoms with Crippen LogP contribution in [0.15, 0.2) is 57.6 Å². The van der Waals surface area contributed by atoms with Crippen molar-refractivity contribution in [1.82, 2.24) is 19.8 Å². The number of hydrogen-bond acceptors (Lipinski definition) is 7. The molecule has 0 saturated carbocycles. The van der Waals surface area contributed by atoms with E-state index in [1.54, 1.807) is 11.3 Å². The predicted octanol–water partition coefficient (Wildman–Crippen LogP) is 5.24. The molecule has 0 aliphatic carbocycles. The summed E-state index contributed by atoms with van der Waals surface area (Å²) in [6.07, 6.45) is 7.87. The van der Waals surface area contributed by atoms with E-state index in [1.165, 1.54) is 29.5 Å². The third-order valence-corrected chi connectivity index (χ3v) is 8.28. The number of aromatic nitrogens is 1. The number of hydrazone groups is 1. The van der Waals surface area contributed by atoms with Gasteiger partial charge in [-0.25, -0.2) is 15.0 Å². The van der Waals surface area contributed by atoms with Crippen LogP contribution in [0.4, 0.5) is 0 Å². The van der Waals surface area contributed by atoms with Crippen LogP contribution in [-0.4, -0.2) is 58.4 Å². The molecule has 1 spiro atoms. The van der Waals surface area contributed by atoms with Crippen LogP contribution in [0.3, 0.4) is 0 Å². The molecule has 3 aliphatic heterocycles. The van der Waals surface area contributed by atoms with E-state index in [0.29, 0.717) is 11.5 Å². The lowest BCUT2D eigenvalue weighted by atomic mass is 9.77. The number of hydrogen-bond donors (Lipinski definition) is 0. The molecule has 0 N–H and O–H groups in total. The highest BCUT2D eigenvalue weighted by Gasteiger charge is 2.43. The fraction of sp³-hybridized carbons (Fsp3) is 0.480. The van der Waals surface area contributed by atoms with Crippen molar-refractivity contribution >= 4 is 34.0 Å². The zero-order valence-corrected chi connectivity index (χ0v) is 20.1. The van der Waals surface area contributed by atoms with Crippen molar-refractivity contribution in [2.45, 2.75) is 46.1 Å². The Labute approximate surface area is 194 Å². The molecule has 3 aliphatic rings. The summed E-state index contributed by atoms with van der Waals surface area (Å²) in [5.74, 6) is 1.97. The van der Waals surface area contributed by atoms with Gasteiger partial charge in [0.05, 0.1) is 15.7 Å². The maximum absolute atomic E-state index is 4.61. The third-order valence-electron chi connectivity index (χ3n) is 7.47. The maximum Gasteiger partial charge on any atom is 0.151 e. The Morgan fingerprint density at radius 1 is 1.22 bits per heavy atom. The summed E-state index contributed by atoms with van der Waals surface area (Å²) in [4.78, 5) is 14.3. The predicted molar refractivity (Wildman–Crippen MR) is 134 cm³/mol. The second kappa shape index (κ2) is 8.45. The molecule has 7 heteroatoms. The molecule has 32 heavy (non-hydrogen) atoms. The summed E-state index contributed by atoms with van der Waals surface area (Å²) in [6.45, 7) is 14.6. The fourth-order valence-electron chi connectivity index (χ4n) is 5.45. The average molecular weight is 449 g/mol. The van der Waals surface area contributed by atoms with Gasteiger partial charge in [-0.15, -0.1) is 11.3 Å². The lowest BCUT2D eigenvalue weighted by molar-refractivity contribution is 0.0817. The van der Waals surface area contributed by atoms with Gasteiger partial charge in [0, 0.05) is 37.6 Å². The smallest absolute Gasteiger partial charge is 0.151 e. The molecule has 6 nitrogen and oxygen atoms in total. The zero-order valence-electron chi connectivity index (χ0n) is 19.3. The van der Waals surface area contributed by atoms with Crippen LogP contribution in [0.2, 0.25) is 0 Å². The first-order valence-corrected chi connectivity index (χ1v) is 12.4. The van der Waals surface area contributed by atoms with Gasteiger partial charge in [-0.3, -0.25) is 4.90 Å². The van der Waals surface area contributed by atoms with E-state index in [0.717, 1.165) is 49.0 Å². The number of thiazole rings is 1. The van der Waals surface area contributed by atoms with Crippen LogP contribution in [0.1, 0.15) is 51.6 Å². The van der Waals surface area contributed by atoms with Gasteiger partial charge in [-0.05, 0) is 82.3 Å². The Bertz CT molecular complexity index is 1100. The van der Waals surface area contributed by atoms with E-state index in [2.05, 4.69) is 69.7 Å². The van der Waals surface area contributed by atoms with Crippen LogP contribution in [0.5, 0.6) is 0 Å². The maximum atomic E-state index is 4.61. The van der Waals surface area contributed by atoms with Gasteiger partial charge in [0.15, 0.2) is 5.82 Å². The Hall–Kier alpha value is -2.51. The molecule has 1 aromatic carbocycles. The van der Waals surface area contributed by atoms with Crippen LogP contribution < -0.4 is 0 Å². The molecule has 168 valence electrons. The summed E-state index contributed by atoms with van der Waals surface area (Å²) in [7, 11) is 0. The van der Waals surface area contributed by atoms with Gasteiger partial charge in [-0.1, -0.05) is 6.07 Å². The quantitative estimate of drug-likeness (QED) is 0.600. The van der Waals surface area contributed by atoms with Crippen LogP contribution in [0, 0.1) is 5.41 Å². The van der Waals surface area contributed by atoms with Gasteiger partial charge in [0.1, 0.15) is 5.82 Å². The molecular weight excluding hydrogens is 416 g/mol. The van der Waals surface area contributed by atoms with E-state index in [9.17, 15) is 0 Å². The molecule has 2 saturated heterocycles. The molecule has 1 aromatic heterocycles. The topological polar surface area (TPSA) is 47.3 Å². The highest BCUT2D eigenvalue weighted by molar-refractivity contribution is 7.16. The van der Waals surface area contributed by atoms with Crippen LogP contribution >= 0.6 is 11.3 Å². The van der Waals surface area contributed by atoms with E-state index in [-0.39, 0.29) is 0 Å². The number of benzene rings is 1. The number of piperidine rings is 1. The Morgan fingerprint density at radius 3 is 2.75 bits per heavy atom. The number of fused-ring (bicyclic) bond motifs is 1. The number of allylic oxidation sites excluding steroid dienone is 2. The van der Waals surface area contributed by atoms with Crippen LogP contribution in [-0.2, 0) is 0 Å². The van der Waals surface area contributed by atoms with Gasteiger partial charge in [0.2, 0.25) is 0 Å². The molecule has 5 rings (SSSR count). The third kappa shape index (κ3) is 3.77. The Balaban J connectivity index is 1.26. The summed E-state index contributed by atoms with van der Waals surface area (Å²) in [5.41, 5.74) is 5.85. The van der Waals surface area contributed by atoms with Gasteiger partial charge >= 0.3 is 0 Å². The highest BCUT2D eigenvalue weighted by Crippen LogP contribution is 2.44. The molecule has 1 atom stereocenters. The number of rotatable bonds is 4.